The maximum absolute atomic E-state index is 12.4. The fourth-order valence-corrected chi connectivity index (χ4v) is 4.35. The zero-order chi connectivity index (χ0) is 16.1. The van der Waals surface area contributed by atoms with Gasteiger partial charge in [0, 0.05) is 37.4 Å². The first-order valence-electron chi connectivity index (χ1n) is 8.85. The molecule has 0 saturated carbocycles. The van der Waals surface area contributed by atoms with E-state index in [2.05, 4.69) is 16.8 Å². The molecule has 1 aromatic heterocycles. The van der Waals surface area contributed by atoms with Crippen molar-refractivity contribution in [2.45, 2.75) is 50.6 Å². The summed E-state index contributed by atoms with van der Waals surface area (Å²) >= 11 is 1.75. The second kappa shape index (κ2) is 8.31. The lowest BCUT2D eigenvalue weighted by Gasteiger charge is -2.26. The Morgan fingerprint density at radius 3 is 2.83 bits per heavy atom. The number of hydrogen-bond donors (Lipinski definition) is 0. The van der Waals surface area contributed by atoms with Crippen LogP contribution in [0, 0.1) is 0 Å². The Morgan fingerprint density at radius 1 is 1.22 bits per heavy atom. The van der Waals surface area contributed by atoms with E-state index in [-0.39, 0.29) is 5.69 Å². The van der Waals surface area contributed by atoms with Gasteiger partial charge in [0.25, 0.3) is 0 Å². The summed E-state index contributed by atoms with van der Waals surface area (Å²) in [5.74, 6) is 1.04. The van der Waals surface area contributed by atoms with Crippen molar-refractivity contribution < 1.29 is 4.74 Å². The molecule has 2 aliphatic rings. The fraction of sp³-hybridized carbons (Fsp3) is 0.765. The van der Waals surface area contributed by atoms with Crippen LogP contribution in [0.4, 0.5) is 0 Å². The largest absolute Gasteiger partial charge is 0.379 e. The van der Waals surface area contributed by atoms with Gasteiger partial charge in [-0.3, -0.25) is 9.47 Å². The van der Waals surface area contributed by atoms with Crippen molar-refractivity contribution in [3.05, 3.63) is 21.7 Å². The normalized spacial score (nSPS) is 18.3. The average Bonchev–Trinajstić information content (AvgIpc) is 3.06. The van der Waals surface area contributed by atoms with E-state index in [1.165, 1.54) is 11.3 Å². The molecule has 1 aliphatic carbocycles. The van der Waals surface area contributed by atoms with Crippen molar-refractivity contribution in [3.63, 3.8) is 0 Å². The van der Waals surface area contributed by atoms with Gasteiger partial charge in [0.1, 0.15) is 5.03 Å². The number of morpholine rings is 1. The van der Waals surface area contributed by atoms with E-state index < -0.39 is 0 Å². The van der Waals surface area contributed by atoms with E-state index in [4.69, 9.17) is 4.74 Å². The standard InChI is InChI=1S/C17H27N3O2S/c1-2-13-23-16-14-5-3-6-15(14)20(17(21)18-16)8-4-7-19-9-11-22-12-10-19/h2-13H2,1H3. The molecule has 23 heavy (non-hydrogen) atoms. The second-order valence-corrected chi connectivity index (χ2v) is 7.37. The third-order valence-corrected chi connectivity index (χ3v) is 5.83. The summed E-state index contributed by atoms with van der Waals surface area (Å²) in [6.07, 6.45) is 5.39. The minimum absolute atomic E-state index is 0.0498. The SMILES string of the molecule is CCCSc1nc(=O)n(CCCN2CCOCC2)c2c1CCC2. The van der Waals surface area contributed by atoms with E-state index in [0.717, 1.165) is 82.3 Å². The Kier molecular flexibility index (Phi) is 6.14. The van der Waals surface area contributed by atoms with Gasteiger partial charge in [0.05, 0.1) is 13.2 Å². The van der Waals surface area contributed by atoms with Crippen LogP contribution in [0.5, 0.6) is 0 Å². The van der Waals surface area contributed by atoms with Gasteiger partial charge in [0.2, 0.25) is 0 Å². The summed E-state index contributed by atoms with van der Waals surface area (Å²) in [4.78, 5) is 19.3. The Labute approximate surface area is 142 Å². The molecule has 6 heteroatoms. The van der Waals surface area contributed by atoms with Crippen LogP contribution in [0.15, 0.2) is 9.82 Å². The van der Waals surface area contributed by atoms with E-state index in [0.29, 0.717) is 0 Å². The summed E-state index contributed by atoms with van der Waals surface area (Å²) in [5, 5.41) is 0.994. The lowest BCUT2D eigenvalue weighted by atomic mass is 10.2. The van der Waals surface area contributed by atoms with Crippen LogP contribution in [0.2, 0.25) is 0 Å². The van der Waals surface area contributed by atoms with Gasteiger partial charge in [-0.25, -0.2) is 4.79 Å². The van der Waals surface area contributed by atoms with Crippen molar-refractivity contribution >= 4 is 11.8 Å². The van der Waals surface area contributed by atoms with Crippen molar-refractivity contribution in [1.29, 1.82) is 0 Å². The van der Waals surface area contributed by atoms with Gasteiger partial charge in [-0.2, -0.15) is 4.98 Å². The van der Waals surface area contributed by atoms with Crippen LogP contribution in [0.25, 0.3) is 0 Å². The van der Waals surface area contributed by atoms with Gasteiger partial charge in [-0.15, -0.1) is 11.8 Å². The minimum Gasteiger partial charge on any atom is -0.379 e. The van der Waals surface area contributed by atoms with Crippen LogP contribution >= 0.6 is 11.8 Å². The zero-order valence-electron chi connectivity index (χ0n) is 14.1. The molecule has 0 radical (unpaired) electrons. The Bertz CT molecular complexity index is 582. The molecule has 0 amide bonds. The van der Waals surface area contributed by atoms with Gasteiger partial charge >= 0.3 is 5.69 Å². The molecular weight excluding hydrogens is 310 g/mol. The fourth-order valence-electron chi connectivity index (χ4n) is 3.41. The summed E-state index contributed by atoms with van der Waals surface area (Å²) in [6, 6.07) is 0. The van der Waals surface area contributed by atoms with Crippen molar-refractivity contribution in [2.75, 3.05) is 38.6 Å². The summed E-state index contributed by atoms with van der Waals surface area (Å²) in [7, 11) is 0. The molecule has 1 fully saturated rings. The lowest BCUT2D eigenvalue weighted by Crippen LogP contribution is -2.37. The predicted molar refractivity (Wildman–Crippen MR) is 93.4 cm³/mol. The molecule has 0 aromatic carbocycles. The number of rotatable bonds is 7. The number of hydrogen-bond acceptors (Lipinski definition) is 5. The van der Waals surface area contributed by atoms with Crippen LogP contribution in [-0.2, 0) is 24.1 Å². The van der Waals surface area contributed by atoms with E-state index in [9.17, 15) is 4.79 Å². The van der Waals surface area contributed by atoms with Crippen LogP contribution in [-0.4, -0.2) is 53.1 Å². The molecule has 3 rings (SSSR count). The average molecular weight is 337 g/mol. The van der Waals surface area contributed by atoms with E-state index in [1.807, 2.05) is 4.57 Å². The quantitative estimate of drug-likeness (QED) is 0.562. The smallest absolute Gasteiger partial charge is 0.348 e. The molecule has 1 aliphatic heterocycles. The monoisotopic (exact) mass is 337 g/mol. The second-order valence-electron chi connectivity index (χ2n) is 6.29. The molecule has 0 N–H and O–H groups in total. The molecule has 1 saturated heterocycles. The first kappa shape index (κ1) is 17.0. The van der Waals surface area contributed by atoms with Gasteiger partial charge in [-0.05, 0) is 37.9 Å². The van der Waals surface area contributed by atoms with Crippen LogP contribution < -0.4 is 5.69 Å². The van der Waals surface area contributed by atoms with Gasteiger partial charge in [-0.1, -0.05) is 6.92 Å². The number of nitrogens with zero attached hydrogens (tertiary/aromatic N) is 3. The highest BCUT2D eigenvalue weighted by molar-refractivity contribution is 7.99. The first-order chi connectivity index (χ1) is 11.3. The molecule has 0 spiro atoms. The zero-order valence-corrected chi connectivity index (χ0v) is 14.9. The molecule has 128 valence electrons. The lowest BCUT2D eigenvalue weighted by molar-refractivity contribution is 0.0368. The summed E-state index contributed by atoms with van der Waals surface area (Å²) < 4.78 is 7.32. The molecular formula is C17H27N3O2S. The Balaban J connectivity index is 1.67. The van der Waals surface area contributed by atoms with E-state index >= 15 is 0 Å². The minimum atomic E-state index is -0.0498. The maximum Gasteiger partial charge on any atom is 0.348 e. The topological polar surface area (TPSA) is 47.4 Å². The third-order valence-electron chi connectivity index (χ3n) is 4.60. The van der Waals surface area contributed by atoms with Crippen molar-refractivity contribution in [2.24, 2.45) is 0 Å². The maximum atomic E-state index is 12.4. The van der Waals surface area contributed by atoms with Crippen molar-refractivity contribution in [1.82, 2.24) is 14.5 Å². The van der Waals surface area contributed by atoms with E-state index in [1.54, 1.807) is 11.8 Å². The molecule has 0 atom stereocenters. The molecule has 2 heterocycles. The van der Waals surface area contributed by atoms with Gasteiger partial charge in [0.15, 0.2) is 0 Å². The first-order valence-corrected chi connectivity index (χ1v) is 9.83. The number of fused-ring (bicyclic) bond motifs is 1. The Morgan fingerprint density at radius 2 is 2.04 bits per heavy atom. The number of aromatic nitrogens is 2. The summed E-state index contributed by atoms with van der Waals surface area (Å²) in [6.45, 7) is 7.69. The summed E-state index contributed by atoms with van der Waals surface area (Å²) in [5.41, 5.74) is 2.55. The molecule has 0 bridgehead atoms. The number of thioether (sulfide) groups is 1. The predicted octanol–water partition coefficient (Wildman–Crippen LogP) is 1.96. The third kappa shape index (κ3) is 4.17. The van der Waals surface area contributed by atoms with Gasteiger partial charge < -0.3 is 4.74 Å². The highest BCUT2D eigenvalue weighted by Gasteiger charge is 2.21. The highest BCUT2D eigenvalue weighted by Crippen LogP contribution is 2.29. The molecule has 0 unspecified atom stereocenters. The molecule has 5 nitrogen and oxygen atoms in total. The molecule has 1 aromatic rings. The van der Waals surface area contributed by atoms with Crippen LogP contribution in [0.3, 0.4) is 0 Å². The van der Waals surface area contributed by atoms with Crippen molar-refractivity contribution in [3.8, 4) is 0 Å². The Hall–Kier alpha value is -0.850. The van der Waals surface area contributed by atoms with Crippen LogP contribution in [0.1, 0.15) is 37.4 Å². The highest BCUT2D eigenvalue weighted by atomic mass is 32.2. The number of ether oxygens (including phenoxy) is 1.